The van der Waals surface area contributed by atoms with E-state index < -0.39 is 10.0 Å². The monoisotopic (exact) mass is 326 g/mol. The molecule has 0 unspecified atom stereocenters. The summed E-state index contributed by atoms with van der Waals surface area (Å²) in [6, 6.07) is 3.15. The number of pyridine rings is 1. The number of anilines is 1. The molecule has 1 saturated heterocycles. The van der Waals surface area contributed by atoms with E-state index in [1.165, 1.54) is 19.3 Å². The van der Waals surface area contributed by atoms with Gasteiger partial charge in [0.2, 0.25) is 15.9 Å². The summed E-state index contributed by atoms with van der Waals surface area (Å²) in [7, 11) is -2.13. The van der Waals surface area contributed by atoms with Gasteiger partial charge in [-0.1, -0.05) is 6.92 Å². The van der Waals surface area contributed by atoms with Crippen molar-refractivity contribution < 1.29 is 13.2 Å². The maximum Gasteiger partial charge on any atom is 0.242 e. The second-order valence-electron chi connectivity index (χ2n) is 5.22. The number of rotatable bonds is 5. The number of amides is 1. The average molecular weight is 326 g/mol. The van der Waals surface area contributed by atoms with Crippen molar-refractivity contribution in [3.8, 4) is 0 Å². The third kappa shape index (κ3) is 3.75. The second-order valence-corrected chi connectivity index (χ2v) is 7.10. The zero-order valence-corrected chi connectivity index (χ0v) is 13.8. The third-order valence-corrected chi connectivity index (χ3v) is 5.05. The lowest BCUT2D eigenvalue weighted by Gasteiger charge is -2.22. The van der Waals surface area contributed by atoms with Crippen LogP contribution in [-0.2, 0) is 14.8 Å². The Labute approximate surface area is 131 Å². The summed E-state index contributed by atoms with van der Waals surface area (Å²) in [5.41, 5.74) is 0. The summed E-state index contributed by atoms with van der Waals surface area (Å²) in [6.07, 6.45) is 3.14. The van der Waals surface area contributed by atoms with E-state index in [9.17, 15) is 13.2 Å². The highest BCUT2D eigenvalue weighted by Crippen LogP contribution is 2.17. The Kier molecular flexibility index (Phi) is 5.36. The van der Waals surface area contributed by atoms with Crippen LogP contribution in [0.5, 0.6) is 0 Å². The van der Waals surface area contributed by atoms with Gasteiger partial charge in [0.05, 0.1) is 6.54 Å². The standard InChI is InChI=1S/C14H22N4O3S/c1-3-7-17-8-4-9-18(11-14(17)19)13-6-5-12(10-16-13)22(20,21)15-2/h5-6,10,15H,3-4,7-9,11H2,1-2H3. The van der Waals surface area contributed by atoms with Crippen LogP contribution in [0.4, 0.5) is 5.82 Å². The first-order valence-corrected chi connectivity index (χ1v) is 8.88. The minimum Gasteiger partial charge on any atom is -0.347 e. The fourth-order valence-electron chi connectivity index (χ4n) is 2.46. The predicted molar refractivity (Wildman–Crippen MR) is 84.2 cm³/mol. The smallest absolute Gasteiger partial charge is 0.242 e. The van der Waals surface area contributed by atoms with E-state index in [0.717, 1.165) is 32.5 Å². The van der Waals surface area contributed by atoms with Crippen molar-refractivity contribution >= 4 is 21.7 Å². The predicted octanol–water partition coefficient (Wildman–Crippen LogP) is 0.438. The minimum absolute atomic E-state index is 0.0908. The fourth-order valence-corrected chi connectivity index (χ4v) is 3.13. The summed E-state index contributed by atoms with van der Waals surface area (Å²) in [5, 5.41) is 0. The van der Waals surface area contributed by atoms with E-state index >= 15 is 0 Å². The molecule has 1 aliphatic heterocycles. The Balaban J connectivity index is 2.13. The molecule has 0 spiro atoms. The van der Waals surface area contributed by atoms with E-state index in [1.807, 2.05) is 9.80 Å². The third-order valence-electron chi connectivity index (χ3n) is 3.65. The van der Waals surface area contributed by atoms with Gasteiger partial charge in [-0.2, -0.15) is 0 Å². The molecule has 0 radical (unpaired) electrons. The van der Waals surface area contributed by atoms with Gasteiger partial charge in [0, 0.05) is 25.8 Å². The first-order chi connectivity index (χ1) is 10.5. The zero-order chi connectivity index (χ0) is 16.2. The number of hydrogen-bond acceptors (Lipinski definition) is 5. The highest BCUT2D eigenvalue weighted by atomic mass is 32.2. The number of sulfonamides is 1. The largest absolute Gasteiger partial charge is 0.347 e. The van der Waals surface area contributed by atoms with Crippen molar-refractivity contribution in [3.05, 3.63) is 18.3 Å². The number of aromatic nitrogens is 1. The van der Waals surface area contributed by atoms with Crippen molar-refractivity contribution in [2.45, 2.75) is 24.7 Å². The molecule has 1 fully saturated rings. The van der Waals surface area contributed by atoms with Crippen molar-refractivity contribution in [1.29, 1.82) is 0 Å². The summed E-state index contributed by atoms with van der Waals surface area (Å²) in [4.78, 5) is 20.3. The molecule has 2 heterocycles. The topological polar surface area (TPSA) is 82.6 Å². The van der Waals surface area contributed by atoms with Crippen molar-refractivity contribution in [2.75, 3.05) is 38.1 Å². The summed E-state index contributed by atoms with van der Waals surface area (Å²) >= 11 is 0. The molecule has 7 nitrogen and oxygen atoms in total. The van der Waals surface area contributed by atoms with Crippen LogP contribution in [0.15, 0.2) is 23.2 Å². The van der Waals surface area contributed by atoms with Crippen LogP contribution >= 0.6 is 0 Å². The van der Waals surface area contributed by atoms with Gasteiger partial charge in [-0.05, 0) is 32.0 Å². The van der Waals surface area contributed by atoms with E-state index in [0.29, 0.717) is 5.82 Å². The van der Waals surface area contributed by atoms with E-state index in [1.54, 1.807) is 6.07 Å². The quantitative estimate of drug-likeness (QED) is 0.849. The maximum atomic E-state index is 12.2. The first kappa shape index (κ1) is 16.7. The van der Waals surface area contributed by atoms with Gasteiger partial charge >= 0.3 is 0 Å². The van der Waals surface area contributed by atoms with Gasteiger partial charge < -0.3 is 9.80 Å². The Morgan fingerprint density at radius 3 is 2.68 bits per heavy atom. The van der Waals surface area contributed by atoms with Gasteiger partial charge in [0.25, 0.3) is 0 Å². The molecule has 8 heteroatoms. The van der Waals surface area contributed by atoms with Crippen LogP contribution in [0.2, 0.25) is 0 Å². The van der Waals surface area contributed by atoms with Crippen LogP contribution in [0.1, 0.15) is 19.8 Å². The Morgan fingerprint density at radius 1 is 1.32 bits per heavy atom. The molecule has 1 amide bonds. The molecule has 1 aromatic rings. The highest BCUT2D eigenvalue weighted by Gasteiger charge is 2.22. The van der Waals surface area contributed by atoms with Gasteiger partial charge in [-0.3, -0.25) is 4.79 Å². The lowest BCUT2D eigenvalue weighted by atomic mass is 10.3. The number of carbonyl (C=O) groups is 1. The summed E-state index contributed by atoms with van der Waals surface area (Å²) in [6.45, 7) is 4.61. The number of hydrogen-bond donors (Lipinski definition) is 1. The van der Waals surface area contributed by atoms with E-state index in [4.69, 9.17) is 0 Å². The average Bonchev–Trinajstić information content (AvgIpc) is 2.70. The number of nitrogens with one attached hydrogen (secondary N) is 1. The van der Waals surface area contributed by atoms with Crippen LogP contribution in [0.25, 0.3) is 0 Å². The molecule has 0 aromatic carbocycles. The van der Waals surface area contributed by atoms with Crippen LogP contribution in [-0.4, -0.2) is 57.4 Å². The molecule has 0 saturated carbocycles. The maximum absolute atomic E-state index is 12.2. The number of nitrogens with zero attached hydrogens (tertiary/aromatic N) is 3. The molecule has 1 aromatic heterocycles. The molecule has 1 N–H and O–H groups in total. The molecular weight excluding hydrogens is 304 g/mol. The normalized spacial score (nSPS) is 16.7. The van der Waals surface area contributed by atoms with Crippen molar-refractivity contribution in [1.82, 2.24) is 14.6 Å². The summed E-state index contributed by atoms with van der Waals surface area (Å²) in [5.74, 6) is 0.717. The van der Waals surface area contributed by atoms with E-state index in [-0.39, 0.29) is 17.3 Å². The van der Waals surface area contributed by atoms with Gasteiger partial charge in [-0.15, -0.1) is 0 Å². The summed E-state index contributed by atoms with van der Waals surface area (Å²) < 4.78 is 25.6. The van der Waals surface area contributed by atoms with E-state index in [2.05, 4.69) is 16.6 Å². The molecule has 0 aliphatic carbocycles. The Bertz CT molecular complexity index is 615. The Morgan fingerprint density at radius 2 is 2.09 bits per heavy atom. The van der Waals surface area contributed by atoms with Gasteiger partial charge in [-0.25, -0.2) is 18.1 Å². The second kappa shape index (κ2) is 7.06. The molecule has 0 atom stereocenters. The fraction of sp³-hybridized carbons (Fsp3) is 0.571. The van der Waals surface area contributed by atoms with Crippen molar-refractivity contribution in [2.24, 2.45) is 0 Å². The molecule has 0 bridgehead atoms. The molecular formula is C14H22N4O3S. The highest BCUT2D eigenvalue weighted by molar-refractivity contribution is 7.89. The molecule has 1 aliphatic rings. The lowest BCUT2D eigenvalue weighted by Crippen LogP contribution is -2.37. The Hall–Kier alpha value is -1.67. The first-order valence-electron chi connectivity index (χ1n) is 7.40. The van der Waals surface area contributed by atoms with Crippen LogP contribution in [0, 0.1) is 0 Å². The molecule has 122 valence electrons. The molecule has 22 heavy (non-hydrogen) atoms. The lowest BCUT2D eigenvalue weighted by molar-refractivity contribution is -0.129. The minimum atomic E-state index is -3.49. The van der Waals surface area contributed by atoms with Crippen LogP contribution in [0.3, 0.4) is 0 Å². The zero-order valence-electron chi connectivity index (χ0n) is 12.9. The van der Waals surface area contributed by atoms with Crippen LogP contribution < -0.4 is 9.62 Å². The SMILES string of the molecule is CCCN1CCCN(c2ccc(S(=O)(=O)NC)cn2)CC1=O. The van der Waals surface area contributed by atoms with Gasteiger partial charge in [0.1, 0.15) is 10.7 Å². The molecule has 2 rings (SSSR count). The van der Waals surface area contributed by atoms with Gasteiger partial charge in [0.15, 0.2) is 0 Å². The van der Waals surface area contributed by atoms with Crippen molar-refractivity contribution in [3.63, 3.8) is 0 Å². The number of carbonyl (C=O) groups excluding carboxylic acids is 1.